The van der Waals surface area contributed by atoms with Gasteiger partial charge in [0.05, 0.1) is 23.7 Å². The molecule has 0 N–H and O–H groups in total. The van der Waals surface area contributed by atoms with Gasteiger partial charge in [-0.2, -0.15) is 5.26 Å². The third-order valence-electron chi connectivity index (χ3n) is 4.54. The summed E-state index contributed by atoms with van der Waals surface area (Å²) in [4.78, 5) is 0. The Kier molecular flexibility index (Phi) is 1.85. The summed E-state index contributed by atoms with van der Waals surface area (Å²) in [5.41, 5.74) is -0.0839. The van der Waals surface area contributed by atoms with Gasteiger partial charge in [-0.3, -0.25) is 0 Å². The number of hydrogen-bond acceptors (Lipinski definition) is 2. The molecular formula is C12H17NO. The molecule has 2 heterocycles. The number of rotatable bonds is 1. The van der Waals surface area contributed by atoms with E-state index in [0.717, 1.165) is 12.8 Å². The van der Waals surface area contributed by atoms with Crippen molar-refractivity contribution in [3.8, 4) is 6.07 Å². The van der Waals surface area contributed by atoms with Crippen molar-refractivity contribution < 1.29 is 4.74 Å². The van der Waals surface area contributed by atoms with E-state index >= 15 is 0 Å². The van der Waals surface area contributed by atoms with Crippen LogP contribution in [0.5, 0.6) is 0 Å². The van der Waals surface area contributed by atoms with Crippen LogP contribution in [0, 0.1) is 22.7 Å². The Morgan fingerprint density at radius 3 is 2.43 bits per heavy atom. The van der Waals surface area contributed by atoms with Crippen molar-refractivity contribution in [3.63, 3.8) is 0 Å². The second kappa shape index (κ2) is 2.97. The fourth-order valence-electron chi connectivity index (χ4n) is 3.82. The van der Waals surface area contributed by atoms with Crippen molar-refractivity contribution in [1.29, 1.82) is 5.26 Å². The highest BCUT2D eigenvalue weighted by molar-refractivity contribution is 5.15. The van der Waals surface area contributed by atoms with Crippen LogP contribution in [-0.4, -0.2) is 12.2 Å². The molecule has 0 radical (unpaired) electrons. The Labute approximate surface area is 85.2 Å². The zero-order chi connectivity index (χ0) is 9.60. The molecule has 2 saturated heterocycles. The average molecular weight is 191 g/mol. The number of hydrogen-bond donors (Lipinski definition) is 0. The minimum Gasteiger partial charge on any atom is -0.373 e. The lowest BCUT2D eigenvalue weighted by Crippen LogP contribution is -2.37. The van der Waals surface area contributed by atoms with Gasteiger partial charge in [-0.1, -0.05) is 12.8 Å². The predicted octanol–water partition coefficient (Wildman–Crippen LogP) is 2.64. The summed E-state index contributed by atoms with van der Waals surface area (Å²) in [5.74, 6) is 0.641. The molecule has 14 heavy (non-hydrogen) atoms. The lowest BCUT2D eigenvalue weighted by molar-refractivity contribution is 0.0586. The standard InChI is InChI=1S/C12H17NO/c13-8-12(9-3-1-2-4-9)7-10-5-6-11(12)14-10/h9-11H,1-7H2. The van der Waals surface area contributed by atoms with Crippen molar-refractivity contribution in [2.24, 2.45) is 11.3 Å². The van der Waals surface area contributed by atoms with Crippen molar-refractivity contribution in [2.45, 2.75) is 57.2 Å². The van der Waals surface area contributed by atoms with E-state index in [0.29, 0.717) is 12.0 Å². The molecule has 3 fully saturated rings. The maximum atomic E-state index is 9.47. The maximum Gasteiger partial charge on any atom is 0.0887 e. The average Bonchev–Trinajstić information content (AvgIpc) is 2.93. The molecule has 1 saturated carbocycles. The summed E-state index contributed by atoms with van der Waals surface area (Å²) in [6, 6.07) is 2.63. The van der Waals surface area contributed by atoms with Crippen LogP contribution in [0.2, 0.25) is 0 Å². The number of nitriles is 1. The molecule has 0 amide bonds. The van der Waals surface area contributed by atoms with Gasteiger partial charge in [-0.25, -0.2) is 0 Å². The van der Waals surface area contributed by atoms with Gasteiger partial charge in [0.15, 0.2) is 0 Å². The molecule has 3 unspecified atom stereocenters. The fourth-order valence-corrected chi connectivity index (χ4v) is 3.82. The third-order valence-corrected chi connectivity index (χ3v) is 4.54. The molecule has 1 aliphatic carbocycles. The first-order valence-corrected chi connectivity index (χ1v) is 5.92. The molecule has 2 nitrogen and oxygen atoms in total. The molecule has 2 bridgehead atoms. The SMILES string of the molecule is N#CC1(C2CCCC2)CC2CCC1O2. The largest absolute Gasteiger partial charge is 0.373 e. The Hall–Kier alpha value is -0.550. The molecular weight excluding hydrogens is 174 g/mol. The topological polar surface area (TPSA) is 33.0 Å². The first kappa shape index (κ1) is 8.73. The normalized spacial score (nSPS) is 47.1. The lowest BCUT2D eigenvalue weighted by Gasteiger charge is -2.33. The van der Waals surface area contributed by atoms with Crippen molar-refractivity contribution in [2.75, 3.05) is 0 Å². The smallest absolute Gasteiger partial charge is 0.0887 e. The molecule has 0 aromatic rings. The fraction of sp³-hybridized carbons (Fsp3) is 0.917. The van der Waals surface area contributed by atoms with E-state index < -0.39 is 0 Å². The molecule has 2 aliphatic heterocycles. The summed E-state index contributed by atoms with van der Waals surface area (Å²) >= 11 is 0. The Balaban J connectivity index is 1.88. The van der Waals surface area contributed by atoms with E-state index in [1.807, 2.05) is 0 Å². The Bertz CT molecular complexity index is 277. The quantitative estimate of drug-likeness (QED) is 0.638. The Morgan fingerprint density at radius 1 is 1.14 bits per heavy atom. The third kappa shape index (κ3) is 0.995. The van der Waals surface area contributed by atoms with E-state index in [1.54, 1.807) is 0 Å². The van der Waals surface area contributed by atoms with E-state index in [9.17, 15) is 5.26 Å². The van der Waals surface area contributed by atoms with Gasteiger partial charge in [-0.15, -0.1) is 0 Å². The molecule has 3 aliphatic rings. The molecule has 76 valence electrons. The summed E-state index contributed by atoms with van der Waals surface area (Å²) in [7, 11) is 0. The van der Waals surface area contributed by atoms with Crippen molar-refractivity contribution >= 4 is 0 Å². The minimum atomic E-state index is -0.0839. The molecule has 3 rings (SSSR count). The minimum absolute atomic E-state index is 0.0839. The molecule has 0 spiro atoms. The highest BCUT2D eigenvalue weighted by Gasteiger charge is 2.56. The van der Waals surface area contributed by atoms with Crippen LogP contribution in [0.1, 0.15) is 44.9 Å². The van der Waals surface area contributed by atoms with Crippen LogP contribution in [-0.2, 0) is 4.74 Å². The second-order valence-electron chi connectivity index (χ2n) is 5.16. The summed E-state index contributed by atoms with van der Waals surface area (Å²) in [5, 5.41) is 9.47. The summed E-state index contributed by atoms with van der Waals surface area (Å²) in [6.07, 6.45) is 9.23. The van der Waals surface area contributed by atoms with E-state index in [1.165, 1.54) is 32.1 Å². The van der Waals surface area contributed by atoms with Gasteiger partial charge >= 0.3 is 0 Å². The molecule has 2 heteroatoms. The molecule has 3 atom stereocenters. The van der Waals surface area contributed by atoms with Crippen molar-refractivity contribution in [3.05, 3.63) is 0 Å². The van der Waals surface area contributed by atoms with Crippen LogP contribution in [0.4, 0.5) is 0 Å². The number of fused-ring (bicyclic) bond motifs is 2. The monoisotopic (exact) mass is 191 g/mol. The molecule has 0 aromatic heterocycles. The van der Waals surface area contributed by atoms with Gasteiger partial charge in [0.2, 0.25) is 0 Å². The van der Waals surface area contributed by atoms with Gasteiger partial charge in [-0.05, 0) is 38.0 Å². The van der Waals surface area contributed by atoms with Gasteiger partial charge in [0.25, 0.3) is 0 Å². The van der Waals surface area contributed by atoms with Crippen LogP contribution >= 0.6 is 0 Å². The predicted molar refractivity (Wildman–Crippen MR) is 52.5 cm³/mol. The van der Waals surface area contributed by atoms with E-state index in [2.05, 4.69) is 6.07 Å². The summed E-state index contributed by atoms with van der Waals surface area (Å²) < 4.78 is 5.87. The highest BCUT2D eigenvalue weighted by atomic mass is 16.5. The summed E-state index contributed by atoms with van der Waals surface area (Å²) in [6.45, 7) is 0. The van der Waals surface area contributed by atoms with Crippen LogP contribution in [0.15, 0.2) is 0 Å². The van der Waals surface area contributed by atoms with Gasteiger partial charge in [0, 0.05) is 0 Å². The number of nitrogens with zero attached hydrogens (tertiary/aromatic N) is 1. The Morgan fingerprint density at radius 2 is 1.93 bits per heavy atom. The van der Waals surface area contributed by atoms with E-state index in [-0.39, 0.29) is 11.5 Å². The zero-order valence-corrected chi connectivity index (χ0v) is 8.54. The van der Waals surface area contributed by atoms with Crippen LogP contribution in [0.25, 0.3) is 0 Å². The lowest BCUT2D eigenvalue weighted by atomic mass is 9.66. The van der Waals surface area contributed by atoms with Crippen LogP contribution in [0.3, 0.4) is 0 Å². The number of ether oxygens (including phenoxy) is 1. The maximum absolute atomic E-state index is 9.47. The highest BCUT2D eigenvalue weighted by Crippen LogP contribution is 2.55. The zero-order valence-electron chi connectivity index (χ0n) is 8.54. The second-order valence-corrected chi connectivity index (χ2v) is 5.16. The van der Waals surface area contributed by atoms with Crippen LogP contribution < -0.4 is 0 Å². The molecule has 0 aromatic carbocycles. The van der Waals surface area contributed by atoms with Gasteiger partial charge in [0.1, 0.15) is 0 Å². The first-order valence-electron chi connectivity index (χ1n) is 5.92. The van der Waals surface area contributed by atoms with Crippen molar-refractivity contribution in [1.82, 2.24) is 0 Å². The van der Waals surface area contributed by atoms with Gasteiger partial charge < -0.3 is 4.74 Å². The van der Waals surface area contributed by atoms with E-state index in [4.69, 9.17) is 4.74 Å². The first-order chi connectivity index (χ1) is 6.85.